The first kappa shape index (κ1) is 17.1. The van der Waals surface area contributed by atoms with Crippen LogP contribution in [0.3, 0.4) is 0 Å². The Bertz CT molecular complexity index is 875. The maximum Gasteiger partial charge on any atom is 0.337 e. The van der Waals surface area contributed by atoms with E-state index in [9.17, 15) is 9.90 Å². The highest BCUT2D eigenvalue weighted by Gasteiger charge is 2.09. The van der Waals surface area contributed by atoms with E-state index in [2.05, 4.69) is 5.32 Å². The van der Waals surface area contributed by atoms with Gasteiger partial charge in [0.15, 0.2) is 0 Å². The summed E-state index contributed by atoms with van der Waals surface area (Å²) in [5, 5.41) is 13.2. The van der Waals surface area contributed by atoms with Crippen LogP contribution >= 0.6 is 11.6 Å². The van der Waals surface area contributed by atoms with Gasteiger partial charge in [-0.15, -0.1) is 0 Å². The Labute approximate surface area is 151 Å². The van der Waals surface area contributed by atoms with Gasteiger partial charge in [0.25, 0.3) is 0 Å². The largest absolute Gasteiger partial charge is 0.478 e. The predicted molar refractivity (Wildman–Crippen MR) is 102 cm³/mol. The fraction of sp³-hybridized carbons (Fsp3) is 0.0952. The van der Waals surface area contributed by atoms with Gasteiger partial charge in [0, 0.05) is 10.7 Å². The maximum atomic E-state index is 11.3. The number of anilines is 2. The van der Waals surface area contributed by atoms with Gasteiger partial charge in [-0.2, -0.15) is 0 Å². The Morgan fingerprint density at radius 3 is 2.28 bits per heavy atom. The summed E-state index contributed by atoms with van der Waals surface area (Å²) in [6.45, 7) is 0. The quantitative estimate of drug-likeness (QED) is 0.610. The molecule has 0 aliphatic carbocycles. The number of hydrogen-bond acceptors (Lipinski definition) is 2. The summed E-state index contributed by atoms with van der Waals surface area (Å²) in [6, 6.07) is 22.8. The summed E-state index contributed by atoms with van der Waals surface area (Å²) >= 11 is 6.19. The fourth-order valence-corrected chi connectivity index (χ4v) is 2.90. The zero-order valence-electron chi connectivity index (χ0n) is 13.6. The summed E-state index contributed by atoms with van der Waals surface area (Å²) in [6.07, 6.45) is 1.78. The summed E-state index contributed by atoms with van der Waals surface area (Å²) < 4.78 is 0. The summed E-state index contributed by atoms with van der Waals surface area (Å²) in [5.41, 5.74) is 4.04. The van der Waals surface area contributed by atoms with E-state index < -0.39 is 5.97 Å². The number of benzene rings is 3. The molecular formula is C21H18ClNO2. The van der Waals surface area contributed by atoms with E-state index in [1.165, 1.54) is 5.56 Å². The number of carbonyl (C=O) groups is 1. The molecule has 2 N–H and O–H groups in total. The number of rotatable bonds is 6. The second kappa shape index (κ2) is 7.86. The minimum atomic E-state index is -0.945. The van der Waals surface area contributed by atoms with Crippen LogP contribution in [0.4, 0.5) is 11.4 Å². The zero-order valence-corrected chi connectivity index (χ0v) is 14.3. The monoisotopic (exact) mass is 351 g/mol. The van der Waals surface area contributed by atoms with E-state index in [1.54, 1.807) is 18.2 Å². The summed E-state index contributed by atoms with van der Waals surface area (Å²) in [7, 11) is 0. The number of carboxylic acids is 1. The second-order valence-electron chi connectivity index (χ2n) is 5.76. The van der Waals surface area contributed by atoms with Gasteiger partial charge in [-0.1, -0.05) is 54.1 Å². The number of nitrogens with one attached hydrogen (secondary N) is 1. The van der Waals surface area contributed by atoms with Crippen LogP contribution in [0.2, 0.25) is 5.02 Å². The lowest BCUT2D eigenvalue weighted by molar-refractivity contribution is 0.0698. The summed E-state index contributed by atoms with van der Waals surface area (Å²) in [4.78, 5) is 11.3. The third-order valence-corrected chi connectivity index (χ3v) is 4.40. The van der Waals surface area contributed by atoms with Crippen molar-refractivity contribution in [1.29, 1.82) is 0 Å². The zero-order chi connectivity index (χ0) is 17.6. The molecule has 0 saturated heterocycles. The average Bonchev–Trinajstić information content (AvgIpc) is 2.62. The van der Waals surface area contributed by atoms with Gasteiger partial charge in [-0.3, -0.25) is 0 Å². The van der Waals surface area contributed by atoms with Crippen molar-refractivity contribution in [3.8, 4) is 0 Å². The van der Waals surface area contributed by atoms with Crippen LogP contribution in [-0.2, 0) is 12.8 Å². The van der Waals surface area contributed by atoms with Crippen molar-refractivity contribution in [2.24, 2.45) is 0 Å². The molecule has 0 aromatic heterocycles. The van der Waals surface area contributed by atoms with E-state index >= 15 is 0 Å². The van der Waals surface area contributed by atoms with Crippen molar-refractivity contribution in [2.75, 3.05) is 5.32 Å². The molecule has 0 aliphatic rings. The highest BCUT2D eigenvalue weighted by molar-refractivity contribution is 6.31. The van der Waals surface area contributed by atoms with Crippen molar-refractivity contribution >= 4 is 28.9 Å². The lowest BCUT2D eigenvalue weighted by Crippen LogP contribution is -2.02. The van der Waals surface area contributed by atoms with E-state index in [0.717, 1.165) is 29.1 Å². The molecule has 0 spiro atoms. The molecule has 25 heavy (non-hydrogen) atoms. The fourth-order valence-electron chi connectivity index (χ4n) is 2.67. The standard InChI is InChI=1S/C21H18ClNO2/c22-19-7-3-1-5-16(19)12-9-15-10-13-17(14-11-15)23-20-8-4-2-6-18(20)21(24)25/h1-8,10-11,13-14,23H,9,12H2,(H,24,25). The molecule has 0 fully saturated rings. The Morgan fingerprint density at radius 1 is 0.880 bits per heavy atom. The van der Waals surface area contributed by atoms with Gasteiger partial charge in [0.2, 0.25) is 0 Å². The molecule has 0 atom stereocenters. The van der Waals surface area contributed by atoms with Crippen molar-refractivity contribution in [3.63, 3.8) is 0 Å². The predicted octanol–water partition coefficient (Wildman–Crippen LogP) is 5.57. The molecule has 3 rings (SSSR count). The Hall–Kier alpha value is -2.78. The molecule has 3 aromatic rings. The van der Waals surface area contributed by atoms with Crippen LogP contribution in [0.25, 0.3) is 0 Å². The van der Waals surface area contributed by atoms with E-state index in [-0.39, 0.29) is 5.56 Å². The van der Waals surface area contributed by atoms with E-state index in [4.69, 9.17) is 11.6 Å². The first-order chi connectivity index (χ1) is 12.1. The summed E-state index contributed by atoms with van der Waals surface area (Å²) in [5.74, 6) is -0.945. The number of aryl methyl sites for hydroxylation is 2. The molecule has 0 heterocycles. The third kappa shape index (κ3) is 4.40. The van der Waals surface area contributed by atoms with Crippen LogP contribution < -0.4 is 5.32 Å². The van der Waals surface area contributed by atoms with Gasteiger partial charge in [-0.05, 0) is 54.3 Å². The third-order valence-electron chi connectivity index (χ3n) is 4.03. The minimum Gasteiger partial charge on any atom is -0.478 e. The van der Waals surface area contributed by atoms with E-state index in [1.807, 2.05) is 54.6 Å². The first-order valence-corrected chi connectivity index (χ1v) is 8.43. The number of halogens is 1. The number of aromatic carboxylic acids is 1. The molecule has 0 saturated carbocycles. The topological polar surface area (TPSA) is 49.3 Å². The average molecular weight is 352 g/mol. The molecule has 0 aliphatic heterocycles. The maximum absolute atomic E-state index is 11.3. The SMILES string of the molecule is O=C(O)c1ccccc1Nc1ccc(CCc2ccccc2Cl)cc1. The highest BCUT2D eigenvalue weighted by Crippen LogP contribution is 2.22. The normalized spacial score (nSPS) is 10.4. The van der Waals surface area contributed by atoms with Crippen LogP contribution in [0, 0.1) is 0 Å². The molecule has 0 bridgehead atoms. The van der Waals surface area contributed by atoms with Crippen LogP contribution in [-0.4, -0.2) is 11.1 Å². The Morgan fingerprint density at radius 2 is 1.56 bits per heavy atom. The number of para-hydroxylation sites is 1. The molecular weight excluding hydrogens is 334 g/mol. The van der Waals surface area contributed by atoms with Crippen molar-refractivity contribution < 1.29 is 9.90 Å². The molecule has 126 valence electrons. The highest BCUT2D eigenvalue weighted by atomic mass is 35.5. The first-order valence-electron chi connectivity index (χ1n) is 8.05. The van der Waals surface area contributed by atoms with Gasteiger partial charge >= 0.3 is 5.97 Å². The Balaban J connectivity index is 1.67. The van der Waals surface area contributed by atoms with Crippen LogP contribution in [0.1, 0.15) is 21.5 Å². The molecule has 3 aromatic carbocycles. The van der Waals surface area contributed by atoms with E-state index in [0.29, 0.717) is 5.69 Å². The lowest BCUT2D eigenvalue weighted by atomic mass is 10.0. The lowest BCUT2D eigenvalue weighted by Gasteiger charge is -2.10. The molecule has 0 amide bonds. The smallest absolute Gasteiger partial charge is 0.337 e. The van der Waals surface area contributed by atoms with Crippen LogP contribution in [0.15, 0.2) is 72.8 Å². The minimum absolute atomic E-state index is 0.255. The molecule has 0 unspecified atom stereocenters. The van der Waals surface area contributed by atoms with Gasteiger partial charge < -0.3 is 10.4 Å². The Kier molecular flexibility index (Phi) is 5.36. The molecule has 0 radical (unpaired) electrons. The van der Waals surface area contributed by atoms with Crippen molar-refractivity contribution in [2.45, 2.75) is 12.8 Å². The van der Waals surface area contributed by atoms with Gasteiger partial charge in [0.05, 0.1) is 11.3 Å². The van der Waals surface area contributed by atoms with Crippen molar-refractivity contribution in [1.82, 2.24) is 0 Å². The molecule has 3 nitrogen and oxygen atoms in total. The molecule has 4 heteroatoms. The number of hydrogen-bond donors (Lipinski definition) is 2. The second-order valence-corrected chi connectivity index (χ2v) is 6.17. The van der Waals surface area contributed by atoms with Gasteiger partial charge in [-0.25, -0.2) is 4.79 Å². The van der Waals surface area contributed by atoms with Crippen LogP contribution in [0.5, 0.6) is 0 Å². The number of carboxylic acid groups (broad SMARTS) is 1. The van der Waals surface area contributed by atoms with Gasteiger partial charge in [0.1, 0.15) is 0 Å². The van der Waals surface area contributed by atoms with Crippen molar-refractivity contribution in [3.05, 3.63) is 94.5 Å².